The van der Waals surface area contributed by atoms with Crippen LogP contribution in [0.3, 0.4) is 0 Å². The van der Waals surface area contributed by atoms with Crippen LogP contribution in [0.4, 0.5) is 5.69 Å². The Kier molecular flexibility index (Phi) is 6.29. The van der Waals surface area contributed by atoms with Crippen molar-refractivity contribution in [3.63, 3.8) is 0 Å². The highest BCUT2D eigenvalue weighted by Gasteiger charge is 2.32. The number of rotatable bonds is 9. The summed E-state index contributed by atoms with van der Waals surface area (Å²) in [6.07, 6.45) is 1.98. The number of nitrogens with one attached hydrogen (secondary N) is 1. The third-order valence-electron chi connectivity index (χ3n) is 4.73. The average Bonchev–Trinajstić information content (AvgIpc) is 3.51. The third kappa shape index (κ3) is 5.61. The SMILES string of the molecule is Cc1cccc(CN(C(=O)CCNS(=O)(=O)c2ccc([N+](=O)[O-])cc2)C2CC2)c1. The molecule has 154 valence electrons. The van der Waals surface area contributed by atoms with Crippen LogP contribution in [-0.4, -0.2) is 36.7 Å². The molecule has 0 bridgehead atoms. The normalized spacial score (nSPS) is 13.8. The van der Waals surface area contributed by atoms with Gasteiger partial charge in [0.05, 0.1) is 9.82 Å². The average molecular weight is 417 g/mol. The summed E-state index contributed by atoms with van der Waals surface area (Å²) in [4.78, 5) is 24.5. The first kappa shape index (κ1) is 20.9. The van der Waals surface area contributed by atoms with E-state index in [9.17, 15) is 23.3 Å². The molecule has 1 amide bonds. The predicted molar refractivity (Wildman–Crippen MR) is 108 cm³/mol. The van der Waals surface area contributed by atoms with E-state index in [1.54, 1.807) is 0 Å². The van der Waals surface area contributed by atoms with Crippen molar-refractivity contribution in [2.24, 2.45) is 0 Å². The molecule has 3 rings (SSSR count). The fourth-order valence-corrected chi connectivity index (χ4v) is 4.11. The molecule has 0 unspecified atom stereocenters. The van der Waals surface area contributed by atoms with Crippen LogP contribution in [-0.2, 0) is 21.4 Å². The zero-order valence-corrected chi connectivity index (χ0v) is 16.9. The second kappa shape index (κ2) is 8.71. The fraction of sp³-hybridized carbons (Fsp3) is 0.350. The number of hydrogen-bond donors (Lipinski definition) is 1. The molecule has 0 aromatic heterocycles. The van der Waals surface area contributed by atoms with E-state index in [0.29, 0.717) is 6.54 Å². The Balaban J connectivity index is 1.57. The van der Waals surface area contributed by atoms with Gasteiger partial charge in [-0.2, -0.15) is 0 Å². The topological polar surface area (TPSA) is 110 Å². The highest BCUT2D eigenvalue weighted by atomic mass is 32.2. The maximum Gasteiger partial charge on any atom is 0.269 e. The van der Waals surface area contributed by atoms with E-state index in [2.05, 4.69) is 4.72 Å². The minimum Gasteiger partial charge on any atom is -0.335 e. The van der Waals surface area contributed by atoms with Crippen molar-refractivity contribution in [1.29, 1.82) is 0 Å². The highest BCUT2D eigenvalue weighted by molar-refractivity contribution is 7.89. The van der Waals surface area contributed by atoms with Gasteiger partial charge in [-0.25, -0.2) is 13.1 Å². The van der Waals surface area contributed by atoms with Gasteiger partial charge in [0.2, 0.25) is 15.9 Å². The van der Waals surface area contributed by atoms with Gasteiger partial charge in [0, 0.05) is 37.7 Å². The monoisotopic (exact) mass is 417 g/mol. The first-order valence-corrected chi connectivity index (χ1v) is 10.8. The minimum atomic E-state index is -3.84. The number of nitro groups is 1. The van der Waals surface area contributed by atoms with Gasteiger partial charge in [0.15, 0.2) is 0 Å². The number of non-ortho nitro benzene ring substituents is 1. The molecular weight excluding hydrogens is 394 g/mol. The van der Waals surface area contributed by atoms with E-state index >= 15 is 0 Å². The smallest absolute Gasteiger partial charge is 0.269 e. The molecule has 8 nitrogen and oxygen atoms in total. The molecule has 2 aromatic carbocycles. The number of sulfonamides is 1. The van der Waals surface area contributed by atoms with E-state index in [1.807, 2.05) is 36.1 Å². The number of amides is 1. The van der Waals surface area contributed by atoms with Crippen LogP contribution in [0.1, 0.15) is 30.4 Å². The Hall–Kier alpha value is -2.78. The molecule has 0 spiro atoms. The molecule has 0 heterocycles. The van der Waals surface area contributed by atoms with Crippen LogP contribution in [0, 0.1) is 17.0 Å². The van der Waals surface area contributed by atoms with Crippen LogP contribution < -0.4 is 4.72 Å². The van der Waals surface area contributed by atoms with Crippen molar-refractivity contribution in [2.45, 2.75) is 43.7 Å². The lowest BCUT2D eigenvalue weighted by molar-refractivity contribution is -0.384. The summed E-state index contributed by atoms with van der Waals surface area (Å²) < 4.78 is 27.1. The highest BCUT2D eigenvalue weighted by Crippen LogP contribution is 2.29. The lowest BCUT2D eigenvalue weighted by Crippen LogP contribution is -2.35. The molecule has 1 saturated carbocycles. The number of benzene rings is 2. The summed E-state index contributed by atoms with van der Waals surface area (Å²) in [5.74, 6) is -0.0968. The molecule has 1 N–H and O–H groups in total. The van der Waals surface area contributed by atoms with Gasteiger partial charge in [-0.3, -0.25) is 14.9 Å². The lowest BCUT2D eigenvalue weighted by Gasteiger charge is -2.23. The fourth-order valence-electron chi connectivity index (χ4n) is 3.08. The zero-order chi connectivity index (χ0) is 21.0. The molecule has 0 saturated heterocycles. The molecule has 9 heteroatoms. The van der Waals surface area contributed by atoms with Gasteiger partial charge >= 0.3 is 0 Å². The van der Waals surface area contributed by atoms with Crippen LogP contribution in [0.25, 0.3) is 0 Å². The maximum absolute atomic E-state index is 12.7. The Morgan fingerprint density at radius 3 is 2.48 bits per heavy atom. The van der Waals surface area contributed by atoms with E-state index < -0.39 is 14.9 Å². The molecule has 29 heavy (non-hydrogen) atoms. The van der Waals surface area contributed by atoms with Crippen LogP contribution >= 0.6 is 0 Å². The van der Waals surface area contributed by atoms with Crippen LogP contribution in [0.2, 0.25) is 0 Å². The standard InChI is InChI=1S/C20H23N3O5S/c1-15-3-2-4-16(13-15)14-22(17-5-6-17)20(24)11-12-21-29(27,28)19-9-7-18(8-10-19)23(25)26/h2-4,7-10,13,17,21H,5-6,11-12,14H2,1H3. The summed E-state index contributed by atoms with van der Waals surface area (Å²) in [5, 5.41) is 10.7. The molecule has 1 aliphatic carbocycles. The van der Waals surface area contributed by atoms with E-state index in [0.717, 1.165) is 36.1 Å². The van der Waals surface area contributed by atoms with Crippen molar-refractivity contribution in [3.8, 4) is 0 Å². The van der Waals surface area contributed by atoms with Crippen molar-refractivity contribution in [1.82, 2.24) is 9.62 Å². The number of aryl methyl sites for hydroxylation is 1. The van der Waals surface area contributed by atoms with E-state index in [4.69, 9.17) is 0 Å². The van der Waals surface area contributed by atoms with E-state index in [1.165, 1.54) is 12.1 Å². The molecule has 0 atom stereocenters. The van der Waals surface area contributed by atoms with Gasteiger partial charge in [-0.05, 0) is 37.5 Å². The summed E-state index contributed by atoms with van der Waals surface area (Å²) in [6, 6.07) is 12.8. The van der Waals surface area contributed by atoms with Crippen LogP contribution in [0.15, 0.2) is 53.4 Å². The predicted octanol–water partition coefficient (Wildman–Crippen LogP) is 2.76. The minimum absolute atomic E-state index is 0.0325. The summed E-state index contributed by atoms with van der Waals surface area (Å²) in [5.41, 5.74) is 1.99. The number of carbonyl (C=O) groups excluding carboxylic acids is 1. The second-order valence-corrected chi connectivity index (χ2v) is 8.91. The molecule has 0 radical (unpaired) electrons. The zero-order valence-electron chi connectivity index (χ0n) is 16.1. The van der Waals surface area contributed by atoms with Crippen molar-refractivity contribution in [3.05, 3.63) is 69.8 Å². The third-order valence-corrected chi connectivity index (χ3v) is 6.21. The maximum atomic E-state index is 12.7. The van der Waals surface area contributed by atoms with Gasteiger partial charge < -0.3 is 4.90 Å². The van der Waals surface area contributed by atoms with E-state index in [-0.39, 0.29) is 35.5 Å². The summed E-state index contributed by atoms with van der Waals surface area (Å²) in [6.45, 7) is 2.48. The Morgan fingerprint density at radius 2 is 1.90 bits per heavy atom. The number of nitro benzene ring substituents is 1. The summed E-state index contributed by atoms with van der Waals surface area (Å²) >= 11 is 0. The molecule has 1 fully saturated rings. The number of hydrogen-bond acceptors (Lipinski definition) is 5. The Bertz CT molecular complexity index is 1000. The second-order valence-electron chi connectivity index (χ2n) is 7.14. The van der Waals surface area contributed by atoms with Gasteiger partial charge in [-0.1, -0.05) is 29.8 Å². The molecular formula is C20H23N3O5S. The molecule has 2 aromatic rings. The Labute approximate surface area is 169 Å². The van der Waals surface area contributed by atoms with Crippen LogP contribution in [0.5, 0.6) is 0 Å². The largest absolute Gasteiger partial charge is 0.335 e. The van der Waals surface area contributed by atoms with Crippen molar-refractivity contribution < 1.29 is 18.1 Å². The molecule has 1 aliphatic rings. The van der Waals surface area contributed by atoms with Crippen molar-refractivity contribution in [2.75, 3.05) is 6.54 Å². The lowest BCUT2D eigenvalue weighted by atomic mass is 10.1. The first-order valence-electron chi connectivity index (χ1n) is 9.35. The molecule has 0 aliphatic heterocycles. The number of carbonyl (C=O) groups is 1. The van der Waals surface area contributed by atoms with Gasteiger partial charge in [0.25, 0.3) is 5.69 Å². The van der Waals surface area contributed by atoms with Crippen molar-refractivity contribution >= 4 is 21.6 Å². The Morgan fingerprint density at radius 1 is 1.21 bits per heavy atom. The summed E-state index contributed by atoms with van der Waals surface area (Å²) in [7, 11) is -3.84. The van der Waals surface area contributed by atoms with Gasteiger partial charge in [-0.15, -0.1) is 0 Å². The number of nitrogens with zero attached hydrogens (tertiary/aromatic N) is 2. The quantitative estimate of drug-likeness (QED) is 0.498. The first-order chi connectivity index (χ1) is 13.8. The van der Waals surface area contributed by atoms with Gasteiger partial charge in [0.1, 0.15) is 0 Å².